The van der Waals surface area contributed by atoms with Crippen molar-refractivity contribution in [3.63, 3.8) is 0 Å². The first-order chi connectivity index (χ1) is 17.5. The fourth-order valence-electron chi connectivity index (χ4n) is 4.89. The molecule has 0 bridgehead atoms. The van der Waals surface area contributed by atoms with Crippen LogP contribution in [0.15, 0.2) is 30.0 Å². The molecule has 2 aliphatic rings. The predicted octanol–water partition coefficient (Wildman–Crippen LogP) is 2.18. The summed E-state index contributed by atoms with van der Waals surface area (Å²) in [5.41, 5.74) is 9.98. The average Bonchev–Trinajstić information content (AvgIpc) is 2.87. The number of ether oxygens (including phenoxy) is 1. The van der Waals surface area contributed by atoms with Crippen LogP contribution in [0.4, 0.5) is 11.6 Å². The molecule has 3 heterocycles. The van der Waals surface area contributed by atoms with Crippen LogP contribution < -0.4 is 26.4 Å². The molecule has 1 atom stereocenters. The van der Waals surface area contributed by atoms with Gasteiger partial charge in [0.05, 0.1) is 30.9 Å². The Balaban J connectivity index is 1.82. The summed E-state index contributed by atoms with van der Waals surface area (Å²) in [7, 11) is 0. The van der Waals surface area contributed by atoms with Crippen molar-refractivity contribution in [2.75, 3.05) is 49.6 Å². The van der Waals surface area contributed by atoms with Crippen LogP contribution in [0.3, 0.4) is 0 Å². The molecule has 2 saturated heterocycles. The second-order valence-corrected chi connectivity index (χ2v) is 9.43. The highest BCUT2D eigenvalue weighted by Crippen LogP contribution is 2.23. The summed E-state index contributed by atoms with van der Waals surface area (Å²) < 4.78 is 5.60. The largest absolute Gasteiger partial charge is 0.378 e. The van der Waals surface area contributed by atoms with Gasteiger partial charge in [-0.2, -0.15) is 5.26 Å². The normalized spacial score (nSPS) is 18.7. The number of aromatic nitrogens is 2. The van der Waals surface area contributed by atoms with Gasteiger partial charge in [-0.25, -0.2) is 0 Å². The molecule has 0 unspecified atom stereocenters. The molecule has 2 fully saturated rings. The van der Waals surface area contributed by atoms with Crippen molar-refractivity contribution in [2.45, 2.75) is 46.2 Å². The van der Waals surface area contributed by atoms with Gasteiger partial charge in [-0.05, 0) is 50.5 Å². The number of hydrogen-bond donors (Lipinski definition) is 2. The first-order valence-electron chi connectivity index (χ1n) is 12.8. The van der Waals surface area contributed by atoms with E-state index in [1.807, 2.05) is 26.0 Å². The van der Waals surface area contributed by atoms with Crippen molar-refractivity contribution >= 4 is 23.8 Å². The maximum absolute atomic E-state index is 9.50. The number of nitrogens with two attached hydrogens (primary N) is 1. The van der Waals surface area contributed by atoms with Crippen molar-refractivity contribution < 1.29 is 4.74 Å². The predicted molar refractivity (Wildman–Crippen MR) is 145 cm³/mol. The Morgan fingerprint density at radius 3 is 2.67 bits per heavy atom. The smallest absolute Gasteiger partial charge is 0.159 e. The lowest BCUT2D eigenvalue weighted by Crippen LogP contribution is -2.58. The van der Waals surface area contributed by atoms with E-state index < -0.39 is 0 Å². The third-order valence-corrected chi connectivity index (χ3v) is 6.93. The Bertz CT molecular complexity index is 1270. The fraction of sp³-hybridized carbons (Fsp3) is 0.464. The van der Waals surface area contributed by atoms with Gasteiger partial charge in [-0.3, -0.25) is 0 Å². The van der Waals surface area contributed by atoms with Gasteiger partial charge in [0.2, 0.25) is 0 Å². The third kappa shape index (κ3) is 5.38. The highest BCUT2D eigenvalue weighted by molar-refractivity contribution is 5.60. The van der Waals surface area contributed by atoms with Crippen LogP contribution in [-0.2, 0) is 4.74 Å². The minimum atomic E-state index is -0.0604. The second-order valence-electron chi connectivity index (χ2n) is 9.43. The molecule has 0 amide bonds. The van der Waals surface area contributed by atoms with E-state index >= 15 is 0 Å². The van der Waals surface area contributed by atoms with Crippen molar-refractivity contribution in [3.8, 4) is 6.07 Å². The Labute approximate surface area is 213 Å². The van der Waals surface area contributed by atoms with E-state index in [1.54, 1.807) is 0 Å². The zero-order valence-electron chi connectivity index (χ0n) is 21.8. The number of anilines is 2. The van der Waals surface area contributed by atoms with E-state index in [2.05, 4.69) is 69.5 Å². The molecular formula is C28H37N7O. The van der Waals surface area contributed by atoms with Crippen LogP contribution in [0.25, 0.3) is 12.2 Å². The Hall–Kier alpha value is -3.41. The van der Waals surface area contributed by atoms with E-state index in [4.69, 9.17) is 10.5 Å². The molecule has 190 valence electrons. The van der Waals surface area contributed by atoms with Gasteiger partial charge in [-0.1, -0.05) is 31.2 Å². The van der Waals surface area contributed by atoms with Gasteiger partial charge in [0, 0.05) is 48.4 Å². The van der Waals surface area contributed by atoms with E-state index in [-0.39, 0.29) is 12.1 Å². The molecule has 0 spiro atoms. The summed E-state index contributed by atoms with van der Waals surface area (Å²) in [5, 5.41) is 24.5. The van der Waals surface area contributed by atoms with Gasteiger partial charge in [0.15, 0.2) is 11.6 Å². The van der Waals surface area contributed by atoms with Gasteiger partial charge < -0.3 is 25.6 Å². The lowest BCUT2D eigenvalue weighted by atomic mass is 9.98. The topological polar surface area (TPSA) is 103 Å². The molecule has 2 aliphatic heterocycles. The zero-order chi connectivity index (χ0) is 25.7. The van der Waals surface area contributed by atoms with Gasteiger partial charge >= 0.3 is 0 Å². The minimum absolute atomic E-state index is 0.0604. The monoisotopic (exact) mass is 487 g/mol. The SMILES string of the molecule is C/C=c1/c(N2CC(N)C2)nnc(N[C@H](C)c2cccc(C#N)c2C)/c1=C/C(=C/CC)N1CCOCC1. The molecule has 36 heavy (non-hydrogen) atoms. The molecule has 1 aromatic heterocycles. The lowest BCUT2D eigenvalue weighted by Gasteiger charge is -2.38. The van der Waals surface area contributed by atoms with E-state index in [0.29, 0.717) is 5.56 Å². The zero-order valence-corrected chi connectivity index (χ0v) is 21.8. The summed E-state index contributed by atoms with van der Waals surface area (Å²) >= 11 is 0. The highest BCUT2D eigenvalue weighted by Gasteiger charge is 2.26. The number of allylic oxidation sites excluding steroid dienone is 2. The molecular weight excluding hydrogens is 450 g/mol. The van der Waals surface area contributed by atoms with Crippen LogP contribution in [0.2, 0.25) is 0 Å². The van der Waals surface area contributed by atoms with Gasteiger partial charge in [0.25, 0.3) is 0 Å². The van der Waals surface area contributed by atoms with Crippen molar-refractivity contribution in [2.24, 2.45) is 5.73 Å². The van der Waals surface area contributed by atoms with Crippen molar-refractivity contribution in [1.82, 2.24) is 15.1 Å². The molecule has 0 saturated carbocycles. The second kappa shape index (κ2) is 11.5. The Kier molecular flexibility index (Phi) is 8.24. The molecule has 8 heteroatoms. The highest BCUT2D eigenvalue weighted by atomic mass is 16.5. The van der Waals surface area contributed by atoms with E-state index in [1.165, 1.54) is 5.70 Å². The lowest BCUT2D eigenvalue weighted by molar-refractivity contribution is 0.0561. The summed E-state index contributed by atoms with van der Waals surface area (Å²) in [5.74, 6) is 1.59. The quantitative estimate of drug-likeness (QED) is 0.613. The first-order valence-corrected chi connectivity index (χ1v) is 12.8. The molecule has 3 N–H and O–H groups in total. The Morgan fingerprint density at radius 1 is 1.28 bits per heavy atom. The molecule has 2 aromatic rings. The first kappa shape index (κ1) is 25.7. The van der Waals surface area contributed by atoms with Gasteiger partial charge in [0.1, 0.15) is 0 Å². The van der Waals surface area contributed by atoms with Crippen LogP contribution >= 0.6 is 0 Å². The average molecular weight is 488 g/mol. The third-order valence-electron chi connectivity index (χ3n) is 6.93. The maximum Gasteiger partial charge on any atom is 0.159 e. The van der Waals surface area contributed by atoms with E-state index in [9.17, 15) is 5.26 Å². The molecule has 1 aromatic carbocycles. The Morgan fingerprint density at radius 2 is 2.03 bits per heavy atom. The van der Waals surface area contributed by atoms with Crippen LogP contribution in [0, 0.1) is 18.3 Å². The molecule has 0 radical (unpaired) electrons. The molecule has 4 rings (SSSR count). The summed E-state index contributed by atoms with van der Waals surface area (Å²) in [6, 6.07) is 8.24. The summed E-state index contributed by atoms with van der Waals surface area (Å²) in [6.45, 7) is 13.0. The standard InChI is InChI=1S/C28H37N7O/c1-5-8-23(34-11-13-36-14-12-34)15-26-24(6-2)28(35-17-22(30)18-35)33-32-27(26)31-20(4)25-10-7-9-21(16-29)19(25)3/h6-10,15,20,22H,5,11-14,17-18,30H2,1-4H3,(H,31,32)/b23-8-,24-6+,26-15+/t20-/m1/s1. The van der Waals surface area contributed by atoms with E-state index in [0.717, 1.165) is 79.0 Å². The number of hydrogen-bond acceptors (Lipinski definition) is 8. The van der Waals surface area contributed by atoms with Crippen molar-refractivity contribution in [3.05, 3.63) is 57.1 Å². The summed E-state index contributed by atoms with van der Waals surface area (Å²) in [4.78, 5) is 4.57. The van der Waals surface area contributed by atoms with Crippen LogP contribution in [-0.4, -0.2) is 60.5 Å². The maximum atomic E-state index is 9.50. The number of rotatable bonds is 7. The minimum Gasteiger partial charge on any atom is -0.378 e. The van der Waals surface area contributed by atoms with Crippen LogP contribution in [0.1, 0.15) is 49.9 Å². The molecule has 8 nitrogen and oxygen atoms in total. The number of nitriles is 1. The van der Waals surface area contributed by atoms with Crippen LogP contribution in [0.5, 0.6) is 0 Å². The van der Waals surface area contributed by atoms with Crippen molar-refractivity contribution in [1.29, 1.82) is 5.26 Å². The fourth-order valence-corrected chi connectivity index (χ4v) is 4.89. The number of morpholine rings is 1. The van der Waals surface area contributed by atoms with Gasteiger partial charge in [-0.15, -0.1) is 10.2 Å². The summed E-state index contributed by atoms with van der Waals surface area (Å²) in [6.07, 6.45) is 7.54. The number of nitrogens with zero attached hydrogens (tertiary/aromatic N) is 5. The number of nitrogens with one attached hydrogen (secondary N) is 1. The molecule has 0 aliphatic carbocycles. The number of benzene rings is 1.